The number of fused-ring (bicyclic) bond motifs is 1. The van der Waals surface area contributed by atoms with E-state index in [-0.39, 0.29) is 11.8 Å². The van der Waals surface area contributed by atoms with Crippen LogP contribution in [0.1, 0.15) is 18.2 Å². The van der Waals surface area contributed by atoms with Crippen LogP contribution < -0.4 is 5.43 Å². The summed E-state index contributed by atoms with van der Waals surface area (Å²) in [4.78, 5) is 22.4. The summed E-state index contributed by atoms with van der Waals surface area (Å²) < 4.78 is 5.50. The fourth-order valence-electron chi connectivity index (χ4n) is 1.71. The van der Waals surface area contributed by atoms with E-state index in [4.69, 9.17) is 9.52 Å². The Labute approximate surface area is 97.5 Å². The number of aliphatic carboxylic acids is 1. The van der Waals surface area contributed by atoms with Crippen molar-refractivity contribution in [1.82, 2.24) is 0 Å². The smallest absolute Gasteiger partial charge is 0.307 e. The van der Waals surface area contributed by atoms with Crippen molar-refractivity contribution < 1.29 is 14.3 Å². The zero-order chi connectivity index (χ0) is 12.4. The quantitative estimate of drug-likeness (QED) is 0.878. The summed E-state index contributed by atoms with van der Waals surface area (Å²) >= 11 is 0. The molecule has 88 valence electrons. The minimum atomic E-state index is -0.918. The van der Waals surface area contributed by atoms with Gasteiger partial charge in [0.15, 0.2) is 5.43 Å². The Morgan fingerprint density at radius 3 is 2.76 bits per heavy atom. The van der Waals surface area contributed by atoms with Crippen LogP contribution in [0.15, 0.2) is 33.5 Å². The predicted octanol–water partition coefficient (Wildman–Crippen LogP) is 1.98. The Morgan fingerprint density at radius 2 is 2.12 bits per heavy atom. The number of hydrogen-bond acceptors (Lipinski definition) is 3. The topological polar surface area (TPSA) is 67.5 Å². The maximum Gasteiger partial charge on any atom is 0.307 e. The first-order chi connectivity index (χ1) is 8.10. The normalized spacial score (nSPS) is 10.6. The van der Waals surface area contributed by atoms with Crippen molar-refractivity contribution in [2.24, 2.45) is 0 Å². The van der Waals surface area contributed by atoms with Gasteiger partial charge >= 0.3 is 5.97 Å². The summed E-state index contributed by atoms with van der Waals surface area (Å²) in [6, 6.07) is 6.34. The molecule has 0 atom stereocenters. The lowest BCUT2D eigenvalue weighted by molar-refractivity contribution is -0.136. The van der Waals surface area contributed by atoms with Crippen LogP contribution in [0.3, 0.4) is 0 Å². The molecule has 0 fully saturated rings. The molecule has 0 unspecified atom stereocenters. The molecule has 0 bridgehead atoms. The monoisotopic (exact) mass is 232 g/mol. The highest BCUT2D eigenvalue weighted by Gasteiger charge is 2.06. The van der Waals surface area contributed by atoms with Gasteiger partial charge in [-0.3, -0.25) is 9.59 Å². The van der Waals surface area contributed by atoms with Gasteiger partial charge in [0.05, 0.1) is 11.8 Å². The van der Waals surface area contributed by atoms with Crippen LogP contribution in [0, 0.1) is 0 Å². The van der Waals surface area contributed by atoms with Crippen LogP contribution in [0.4, 0.5) is 0 Å². The molecule has 1 aromatic carbocycles. The highest BCUT2D eigenvalue weighted by Crippen LogP contribution is 2.15. The second-order valence-corrected chi connectivity index (χ2v) is 3.83. The summed E-state index contributed by atoms with van der Waals surface area (Å²) in [5.41, 5.74) is 0.973. The zero-order valence-corrected chi connectivity index (χ0v) is 9.40. The number of benzene rings is 1. The highest BCUT2D eigenvalue weighted by molar-refractivity contribution is 5.79. The lowest BCUT2D eigenvalue weighted by atomic mass is 10.1. The molecule has 0 amide bonds. The van der Waals surface area contributed by atoms with Crippen molar-refractivity contribution in [3.05, 3.63) is 45.8 Å². The van der Waals surface area contributed by atoms with E-state index in [1.807, 2.05) is 6.92 Å². The Kier molecular flexibility index (Phi) is 2.95. The minimum absolute atomic E-state index is 0.0924. The molecule has 0 saturated heterocycles. The largest absolute Gasteiger partial charge is 0.481 e. The van der Waals surface area contributed by atoms with E-state index in [1.165, 1.54) is 6.07 Å². The van der Waals surface area contributed by atoms with E-state index in [2.05, 4.69) is 0 Å². The van der Waals surface area contributed by atoms with E-state index in [1.54, 1.807) is 18.2 Å². The molecule has 0 aliphatic carbocycles. The van der Waals surface area contributed by atoms with Gasteiger partial charge in [-0.05, 0) is 17.7 Å². The number of aryl methyl sites for hydroxylation is 1. The molecule has 2 rings (SSSR count). The van der Waals surface area contributed by atoms with Crippen LogP contribution in [0.5, 0.6) is 0 Å². The number of carboxylic acid groups (broad SMARTS) is 1. The number of hydrogen-bond donors (Lipinski definition) is 1. The lowest BCUT2D eigenvalue weighted by Gasteiger charge is -2.02. The zero-order valence-electron chi connectivity index (χ0n) is 9.40. The van der Waals surface area contributed by atoms with Crippen molar-refractivity contribution in [2.75, 3.05) is 0 Å². The van der Waals surface area contributed by atoms with Crippen LogP contribution in [0.2, 0.25) is 0 Å². The van der Waals surface area contributed by atoms with Gasteiger partial charge in [-0.25, -0.2) is 0 Å². The average molecular weight is 232 g/mol. The van der Waals surface area contributed by atoms with Gasteiger partial charge < -0.3 is 9.52 Å². The first kappa shape index (κ1) is 11.4. The van der Waals surface area contributed by atoms with Crippen molar-refractivity contribution in [2.45, 2.75) is 19.8 Å². The van der Waals surface area contributed by atoms with Crippen molar-refractivity contribution in [1.29, 1.82) is 0 Å². The SMILES string of the molecule is CCc1cc(=O)c2cc(CC(=O)O)ccc2o1. The van der Waals surface area contributed by atoms with Crippen LogP contribution >= 0.6 is 0 Å². The summed E-state index contributed by atoms with van der Waals surface area (Å²) in [7, 11) is 0. The molecule has 0 radical (unpaired) electrons. The third kappa shape index (κ3) is 2.36. The van der Waals surface area contributed by atoms with E-state index >= 15 is 0 Å². The lowest BCUT2D eigenvalue weighted by Crippen LogP contribution is -2.04. The van der Waals surface area contributed by atoms with Crippen LogP contribution in [-0.4, -0.2) is 11.1 Å². The van der Waals surface area contributed by atoms with Gasteiger partial charge in [0.2, 0.25) is 0 Å². The molecular weight excluding hydrogens is 220 g/mol. The molecule has 0 aliphatic rings. The molecular formula is C13H12O4. The van der Waals surface area contributed by atoms with E-state index in [9.17, 15) is 9.59 Å². The predicted molar refractivity (Wildman–Crippen MR) is 63.2 cm³/mol. The summed E-state index contributed by atoms with van der Waals surface area (Å²) in [5, 5.41) is 9.12. The highest BCUT2D eigenvalue weighted by atomic mass is 16.4. The third-order valence-corrected chi connectivity index (χ3v) is 2.55. The number of carboxylic acids is 1. The molecule has 1 N–H and O–H groups in total. The number of rotatable bonds is 3. The second kappa shape index (κ2) is 4.41. The second-order valence-electron chi connectivity index (χ2n) is 3.83. The van der Waals surface area contributed by atoms with E-state index in [0.29, 0.717) is 28.7 Å². The summed E-state index contributed by atoms with van der Waals surface area (Å²) in [5.74, 6) is -0.285. The van der Waals surface area contributed by atoms with E-state index in [0.717, 1.165) is 0 Å². The molecule has 4 nitrogen and oxygen atoms in total. The Morgan fingerprint density at radius 1 is 1.35 bits per heavy atom. The van der Waals surface area contributed by atoms with E-state index < -0.39 is 5.97 Å². The van der Waals surface area contributed by atoms with Gasteiger partial charge in [-0.2, -0.15) is 0 Å². The van der Waals surface area contributed by atoms with Gasteiger partial charge in [0.25, 0.3) is 0 Å². The molecule has 0 saturated carbocycles. The third-order valence-electron chi connectivity index (χ3n) is 2.55. The standard InChI is InChI=1S/C13H12O4/c1-2-9-7-11(14)10-5-8(6-13(15)16)3-4-12(10)17-9/h3-5,7H,2,6H2,1H3,(H,15,16). The van der Waals surface area contributed by atoms with Gasteiger partial charge in [-0.15, -0.1) is 0 Å². The molecule has 0 aliphatic heterocycles. The Balaban J connectivity index is 2.58. The van der Waals surface area contributed by atoms with Crippen LogP contribution in [-0.2, 0) is 17.6 Å². The fraction of sp³-hybridized carbons (Fsp3) is 0.231. The van der Waals surface area contributed by atoms with Gasteiger partial charge in [0.1, 0.15) is 11.3 Å². The molecule has 2 aromatic rings. The minimum Gasteiger partial charge on any atom is -0.481 e. The van der Waals surface area contributed by atoms with Gasteiger partial charge in [0, 0.05) is 12.5 Å². The first-order valence-electron chi connectivity index (χ1n) is 5.37. The fourth-order valence-corrected chi connectivity index (χ4v) is 1.71. The maximum atomic E-state index is 11.8. The molecule has 17 heavy (non-hydrogen) atoms. The van der Waals surface area contributed by atoms with Crippen molar-refractivity contribution in [3.8, 4) is 0 Å². The molecule has 4 heteroatoms. The summed E-state index contributed by atoms with van der Waals surface area (Å²) in [6.45, 7) is 1.91. The first-order valence-corrected chi connectivity index (χ1v) is 5.37. The Hall–Kier alpha value is -2.10. The van der Waals surface area contributed by atoms with Crippen LogP contribution in [0.25, 0.3) is 11.0 Å². The number of carbonyl (C=O) groups is 1. The van der Waals surface area contributed by atoms with Crippen molar-refractivity contribution in [3.63, 3.8) is 0 Å². The molecule has 1 heterocycles. The molecule has 1 aromatic heterocycles. The Bertz CT molecular complexity index is 625. The maximum absolute atomic E-state index is 11.8. The molecule has 0 spiro atoms. The van der Waals surface area contributed by atoms with Gasteiger partial charge in [-0.1, -0.05) is 13.0 Å². The average Bonchev–Trinajstić information content (AvgIpc) is 2.29. The van der Waals surface area contributed by atoms with Crippen molar-refractivity contribution >= 4 is 16.9 Å². The summed E-state index contributed by atoms with van der Waals surface area (Å²) in [6.07, 6.45) is 0.562.